The zero-order valence-electron chi connectivity index (χ0n) is 15.2. The van der Waals surface area contributed by atoms with E-state index < -0.39 is 4.92 Å². The van der Waals surface area contributed by atoms with E-state index in [1.165, 1.54) is 6.07 Å². The van der Waals surface area contributed by atoms with E-state index in [2.05, 4.69) is 20.5 Å². The second kappa shape index (κ2) is 8.59. The second-order valence-electron chi connectivity index (χ2n) is 6.56. The molecule has 8 heteroatoms. The van der Waals surface area contributed by atoms with Crippen molar-refractivity contribution in [3.8, 4) is 11.3 Å². The summed E-state index contributed by atoms with van der Waals surface area (Å²) in [4.78, 5) is 29.1. The number of rotatable bonds is 6. The molecule has 1 amide bonds. The highest BCUT2D eigenvalue weighted by Crippen LogP contribution is 2.29. The molecular formula is C19H23N5O3. The molecule has 0 unspecified atom stereocenters. The first-order chi connectivity index (χ1) is 13.1. The van der Waals surface area contributed by atoms with E-state index in [0.29, 0.717) is 23.6 Å². The fourth-order valence-electron chi connectivity index (χ4n) is 3.21. The van der Waals surface area contributed by atoms with Gasteiger partial charge in [-0.1, -0.05) is 30.3 Å². The molecular weight excluding hydrogens is 346 g/mol. The Morgan fingerprint density at radius 3 is 2.56 bits per heavy atom. The predicted octanol–water partition coefficient (Wildman–Crippen LogP) is 2.28. The summed E-state index contributed by atoms with van der Waals surface area (Å²) in [7, 11) is 1.64. The lowest BCUT2D eigenvalue weighted by Crippen LogP contribution is -2.43. The number of nitrogens with zero attached hydrogens (tertiary/aromatic N) is 3. The maximum Gasteiger partial charge on any atom is 0.295 e. The number of anilines is 1. The minimum atomic E-state index is -0.406. The number of likely N-dealkylation sites (tertiary alicyclic amines) is 1. The minimum absolute atomic E-state index is 0.00727. The van der Waals surface area contributed by atoms with Crippen LogP contribution in [-0.2, 0) is 4.79 Å². The largest absolute Gasteiger partial charge is 0.367 e. The Kier molecular flexibility index (Phi) is 5.97. The number of nitrogens with one attached hydrogen (secondary N) is 2. The van der Waals surface area contributed by atoms with Crippen LogP contribution in [0.1, 0.15) is 12.8 Å². The Morgan fingerprint density at radius 1 is 1.22 bits per heavy atom. The Labute approximate surface area is 157 Å². The third kappa shape index (κ3) is 4.79. The number of amides is 1. The summed E-state index contributed by atoms with van der Waals surface area (Å²) in [6.45, 7) is 2.06. The number of likely N-dealkylation sites (N-methyl/N-ethyl adjacent to an activating group) is 1. The van der Waals surface area contributed by atoms with Crippen molar-refractivity contribution in [2.75, 3.05) is 32.0 Å². The van der Waals surface area contributed by atoms with Gasteiger partial charge in [0.1, 0.15) is 5.82 Å². The Hall–Kier alpha value is -3.00. The number of aromatic nitrogens is 1. The first kappa shape index (κ1) is 18.8. The topological polar surface area (TPSA) is 100 Å². The molecule has 2 heterocycles. The van der Waals surface area contributed by atoms with E-state index in [9.17, 15) is 14.9 Å². The second-order valence-corrected chi connectivity index (χ2v) is 6.56. The van der Waals surface area contributed by atoms with Crippen molar-refractivity contribution in [3.05, 3.63) is 52.6 Å². The van der Waals surface area contributed by atoms with Crippen molar-refractivity contribution in [2.45, 2.75) is 18.9 Å². The van der Waals surface area contributed by atoms with Crippen LogP contribution in [0.2, 0.25) is 0 Å². The van der Waals surface area contributed by atoms with Gasteiger partial charge in [-0.25, -0.2) is 4.98 Å². The van der Waals surface area contributed by atoms with Gasteiger partial charge in [-0.2, -0.15) is 0 Å². The van der Waals surface area contributed by atoms with E-state index in [-0.39, 0.29) is 17.6 Å². The standard InChI is InChI=1S/C19H23N5O3/c1-20-18(25)13-23-11-9-15(10-12-23)21-17-8-7-16(24(26)27)19(22-17)14-5-3-2-4-6-14/h2-8,15H,9-13H2,1H3,(H,20,25)(H,21,22). The molecule has 3 rings (SSSR count). The van der Waals surface area contributed by atoms with Gasteiger partial charge in [0, 0.05) is 37.8 Å². The highest BCUT2D eigenvalue weighted by molar-refractivity contribution is 5.77. The maximum atomic E-state index is 11.5. The van der Waals surface area contributed by atoms with Crippen LogP contribution in [0.5, 0.6) is 0 Å². The van der Waals surface area contributed by atoms with Crippen LogP contribution in [0.25, 0.3) is 11.3 Å². The van der Waals surface area contributed by atoms with Crippen molar-refractivity contribution in [1.29, 1.82) is 0 Å². The Morgan fingerprint density at radius 2 is 1.93 bits per heavy atom. The van der Waals surface area contributed by atoms with Crippen LogP contribution >= 0.6 is 0 Å². The number of nitro groups is 1. The molecule has 0 bridgehead atoms. The molecule has 142 valence electrons. The van der Waals surface area contributed by atoms with Gasteiger partial charge in [0.2, 0.25) is 5.91 Å². The quantitative estimate of drug-likeness (QED) is 0.598. The molecule has 0 spiro atoms. The van der Waals surface area contributed by atoms with E-state index in [1.54, 1.807) is 13.1 Å². The van der Waals surface area contributed by atoms with Gasteiger partial charge in [0.25, 0.3) is 5.69 Å². The summed E-state index contributed by atoms with van der Waals surface area (Å²) >= 11 is 0. The zero-order chi connectivity index (χ0) is 19.2. The molecule has 2 N–H and O–H groups in total. The molecule has 1 aromatic heterocycles. The third-order valence-electron chi connectivity index (χ3n) is 4.70. The summed E-state index contributed by atoms with van der Waals surface area (Å²) < 4.78 is 0. The zero-order valence-corrected chi connectivity index (χ0v) is 15.2. The summed E-state index contributed by atoms with van der Waals surface area (Å²) in [5, 5.41) is 17.4. The summed E-state index contributed by atoms with van der Waals surface area (Å²) in [5.41, 5.74) is 1.07. The molecule has 0 atom stereocenters. The Bertz CT molecular complexity index is 804. The van der Waals surface area contributed by atoms with Gasteiger partial charge in [-0.15, -0.1) is 0 Å². The molecule has 27 heavy (non-hydrogen) atoms. The van der Waals surface area contributed by atoms with Crippen LogP contribution in [0.15, 0.2) is 42.5 Å². The lowest BCUT2D eigenvalue weighted by molar-refractivity contribution is -0.384. The van der Waals surface area contributed by atoms with Gasteiger partial charge >= 0.3 is 0 Å². The van der Waals surface area contributed by atoms with Gasteiger partial charge < -0.3 is 10.6 Å². The van der Waals surface area contributed by atoms with Gasteiger partial charge in [-0.3, -0.25) is 19.8 Å². The van der Waals surface area contributed by atoms with E-state index >= 15 is 0 Å². The lowest BCUT2D eigenvalue weighted by atomic mass is 10.0. The van der Waals surface area contributed by atoms with Crippen LogP contribution in [0.3, 0.4) is 0 Å². The summed E-state index contributed by atoms with van der Waals surface area (Å²) in [6.07, 6.45) is 1.77. The lowest BCUT2D eigenvalue weighted by Gasteiger charge is -2.32. The van der Waals surface area contributed by atoms with Crippen LogP contribution in [0.4, 0.5) is 11.5 Å². The first-order valence-corrected chi connectivity index (χ1v) is 8.97. The fourth-order valence-corrected chi connectivity index (χ4v) is 3.21. The van der Waals surface area contributed by atoms with Crippen molar-refractivity contribution in [1.82, 2.24) is 15.2 Å². The van der Waals surface area contributed by atoms with Crippen LogP contribution < -0.4 is 10.6 Å². The normalized spacial score (nSPS) is 15.3. The van der Waals surface area contributed by atoms with Crippen molar-refractivity contribution in [2.24, 2.45) is 0 Å². The third-order valence-corrected chi connectivity index (χ3v) is 4.70. The monoisotopic (exact) mass is 369 g/mol. The number of hydrogen-bond donors (Lipinski definition) is 2. The molecule has 1 aliphatic rings. The first-order valence-electron chi connectivity index (χ1n) is 8.97. The number of carbonyl (C=O) groups excluding carboxylic acids is 1. The van der Waals surface area contributed by atoms with Gasteiger partial charge in [0.15, 0.2) is 5.69 Å². The Balaban J connectivity index is 1.70. The van der Waals surface area contributed by atoms with E-state index in [1.807, 2.05) is 30.3 Å². The highest BCUT2D eigenvalue weighted by Gasteiger charge is 2.22. The summed E-state index contributed by atoms with van der Waals surface area (Å²) in [5.74, 6) is 0.648. The molecule has 1 aromatic carbocycles. The number of pyridine rings is 1. The van der Waals surface area contributed by atoms with E-state index in [4.69, 9.17) is 0 Å². The molecule has 0 saturated carbocycles. The molecule has 1 saturated heterocycles. The molecule has 2 aromatic rings. The SMILES string of the molecule is CNC(=O)CN1CCC(Nc2ccc([N+](=O)[O-])c(-c3ccccc3)n2)CC1. The number of benzene rings is 1. The van der Waals surface area contributed by atoms with Crippen molar-refractivity contribution >= 4 is 17.4 Å². The number of piperidine rings is 1. The predicted molar refractivity (Wildman–Crippen MR) is 103 cm³/mol. The molecule has 1 aliphatic heterocycles. The van der Waals surface area contributed by atoms with Crippen molar-refractivity contribution < 1.29 is 9.72 Å². The average molecular weight is 369 g/mol. The number of hydrogen-bond acceptors (Lipinski definition) is 6. The van der Waals surface area contributed by atoms with Gasteiger partial charge in [0.05, 0.1) is 11.5 Å². The highest BCUT2D eigenvalue weighted by atomic mass is 16.6. The summed E-state index contributed by atoms with van der Waals surface area (Å²) in [6, 6.07) is 12.5. The van der Waals surface area contributed by atoms with E-state index in [0.717, 1.165) is 25.9 Å². The van der Waals surface area contributed by atoms with Crippen LogP contribution in [0, 0.1) is 10.1 Å². The maximum absolute atomic E-state index is 11.5. The molecule has 1 fully saturated rings. The van der Waals surface area contributed by atoms with Crippen molar-refractivity contribution in [3.63, 3.8) is 0 Å². The fraction of sp³-hybridized carbons (Fsp3) is 0.368. The molecule has 0 radical (unpaired) electrons. The molecule has 8 nitrogen and oxygen atoms in total. The van der Waals surface area contributed by atoms with Crippen LogP contribution in [-0.4, -0.2) is 53.4 Å². The smallest absolute Gasteiger partial charge is 0.295 e. The molecule has 0 aliphatic carbocycles. The number of carbonyl (C=O) groups is 1. The van der Waals surface area contributed by atoms with Gasteiger partial charge in [-0.05, 0) is 18.9 Å². The minimum Gasteiger partial charge on any atom is -0.367 e. The average Bonchev–Trinajstić information content (AvgIpc) is 2.70.